The zero-order valence-electron chi connectivity index (χ0n) is 7.33. The molecule has 0 radical (unpaired) electrons. The molecule has 3 nitrogen and oxygen atoms in total. The fraction of sp³-hybridized carbons (Fsp3) is 0.889. The van der Waals surface area contributed by atoms with E-state index in [2.05, 4.69) is 0 Å². The number of carboxylic acid groups (broad SMARTS) is 1. The van der Waals surface area contributed by atoms with Gasteiger partial charge < -0.3 is 10.8 Å². The van der Waals surface area contributed by atoms with Crippen LogP contribution in [-0.4, -0.2) is 17.6 Å². The van der Waals surface area contributed by atoms with Gasteiger partial charge in [-0.25, -0.2) is 0 Å². The standard InChI is InChI=1S/C9H17NO2/c10-5-4-7-2-1-3-8(6-7)9(11)12/h7-8H,1-6,10H2,(H,11,12). The maximum atomic E-state index is 10.7. The van der Waals surface area contributed by atoms with Crippen molar-refractivity contribution in [3.05, 3.63) is 0 Å². The Kier molecular flexibility index (Phi) is 3.53. The highest BCUT2D eigenvalue weighted by Crippen LogP contribution is 2.30. The summed E-state index contributed by atoms with van der Waals surface area (Å²) in [5, 5.41) is 8.79. The molecule has 0 saturated heterocycles. The molecule has 3 N–H and O–H groups in total. The topological polar surface area (TPSA) is 63.3 Å². The summed E-state index contributed by atoms with van der Waals surface area (Å²) < 4.78 is 0. The summed E-state index contributed by atoms with van der Waals surface area (Å²) >= 11 is 0. The van der Waals surface area contributed by atoms with Crippen LogP contribution in [0.3, 0.4) is 0 Å². The predicted molar refractivity (Wildman–Crippen MR) is 46.8 cm³/mol. The van der Waals surface area contributed by atoms with E-state index >= 15 is 0 Å². The summed E-state index contributed by atoms with van der Waals surface area (Å²) in [5.41, 5.74) is 5.43. The first kappa shape index (κ1) is 9.52. The molecule has 1 aliphatic rings. The largest absolute Gasteiger partial charge is 0.481 e. The van der Waals surface area contributed by atoms with Gasteiger partial charge in [-0.15, -0.1) is 0 Å². The van der Waals surface area contributed by atoms with Gasteiger partial charge in [0.1, 0.15) is 0 Å². The first-order valence-electron chi connectivity index (χ1n) is 4.67. The van der Waals surface area contributed by atoms with Crippen LogP contribution in [0.15, 0.2) is 0 Å². The van der Waals surface area contributed by atoms with Crippen LogP contribution >= 0.6 is 0 Å². The van der Waals surface area contributed by atoms with Gasteiger partial charge in [-0.05, 0) is 31.7 Å². The molecule has 1 fully saturated rings. The van der Waals surface area contributed by atoms with Crippen molar-refractivity contribution in [3.63, 3.8) is 0 Å². The maximum Gasteiger partial charge on any atom is 0.306 e. The molecule has 70 valence electrons. The van der Waals surface area contributed by atoms with Crippen LogP contribution in [0, 0.1) is 11.8 Å². The predicted octanol–water partition coefficient (Wildman–Crippen LogP) is 1.23. The summed E-state index contributed by atoms with van der Waals surface area (Å²) in [6.45, 7) is 0.691. The molecule has 3 heteroatoms. The lowest BCUT2D eigenvalue weighted by atomic mass is 9.80. The summed E-state index contributed by atoms with van der Waals surface area (Å²) in [4.78, 5) is 10.7. The van der Waals surface area contributed by atoms with E-state index in [-0.39, 0.29) is 5.92 Å². The second-order valence-electron chi connectivity index (χ2n) is 3.65. The minimum absolute atomic E-state index is 0.102. The molecule has 1 rings (SSSR count). The Labute approximate surface area is 72.9 Å². The Morgan fingerprint density at radius 1 is 1.50 bits per heavy atom. The number of hydrogen-bond acceptors (Lipinski definition) is 2. The molecular formula is C9H17NO2. The highest BCUT2D eigenvalue weighted by Gasteiger charge is 2.25. The highest BCUT2D eigenvalue weighted by atomic mass is 16.4. The van der Waals surface area contributed by atoms with Crippen molar-refractivity contribution in [2.45, 2.75) is 32.1 Å². The molecule has 0 aliphatic heterocycles. The second-order valence-corrected chi connectivity index (χ2v) is 3.65. The average molecular weight is 171 g/mol. The van der Waals surface area contributed by atoms with E-state index in [0.29, 0.717) is 12.5 Å². The van der Waals surface area contributed by atoms with Gasteiger partial charge in [0.25, 0.3) is 0 Å². The lowest BCUT2D eigenvalue weighted by Gasteiger charge is -2.25. The zero-order chi connectivity index (χ0) is 8.97. The number of hydrogen-bond donors (Lipinski definition) is 2. The van der Waals surface area contributed by atoms with Gasteiger partial charge in [0.15, 0.2) is 0 Å². The van der Waals surface area contributed by atoms with Crippen LogP contribution < -0.4 is 5.73 Å². The van der Waals surface area contributed by atoms with E-state index in [1.54, 1.807) is 0 Å². The molecular weight excluding hydrogens is 154 g/mol. The van der Waals surface area contributed by atoms with Gasteiger partial charge in [0.05, 0.1) is 5.92 Å². The van der Waals surface area contributed by atoms with Gasteiger partial charge in [0.2, 0.25) is 0 Å². The summed E-state index contributed by atoms with van der Waals surface area (Å²) in [6.07, 6.45) is 4.91. The van der Waals surface area contributed by atoms with Crippen LogP contribution in [0.1, 0.15) is 32.1 Å². The molecule has 0 aromatic heterocycles. The molecule has 2 atom stereocenters. The zero-order valence-corrected chi connectivity index (χ0v) is 7.33. The molecule has 12 heavy (non-hydrogen) atoms. The third kappa shape index (κ3) is 2.48. The van der Waals surface area contributed by atoms with E-state index in [1.165, 1.54) is 6.42 Å². The fourth-order valence-corrected chi connectivity index (χ4v) is 2.01. The van der Waals surface area contributed by atoms with Crippen molar-refractivity contribution in [2.24, 2.45) is 17.6 Å². The van der Waals surface area contributed by atoms with Crippen molar-refractivity contribution < 1.29 is 9.90 Å². The first-order chi connectivity index (χ1) is 5.74. The Hall–Kier alpha value is -0.570. The van der Waals surface area contributed by atoms with Gasteiger partial charge in [-0.3, -0.25) is 4.79 Å². The third-order valence-corrected chi connectivity index (χ3v) is 2.71. The molecule has 0 spiro atoms. The quantitative estimate of drug-likeness (QED) is 0.671. The normalized spacial score (nSPS) is 30.1. The number of carbonyl (C=O) groups is 1. The van der Waals surface area contributed by atoms with Crippen molar-refractivity contribution >= 4 is 5.97 Å². The van der Waals surface area contributed by atoms with Crippen LogP contribution in [0.5, 0.6) is 0 Å². The molecule has 0 heterocycles. The molecule has 0 aromatic carbocycles. The SMILES string of the molecule is NCCC1CCCC(C(=O)O)C1. The van der Waals surface area contributed by atoms with Crippen molar-refractivity contribution in [3.8, 4) is 0 Å². The second kappa shape index (κ2) is 4.45. The molecule has 1 saturated carbocycles. The number of carboxylic acids is 1. The van der Waals surface area contributed by atoms with Gasteiger partial charge in [-0.1, -0.05) is 12.8 Å². The van der Waals surface area contributed by atoms with E-state index in [9.17, 15) is 4.79 Å². The van der Waals surface area contributed by atoms with E-state index in [1.807, 2.05) is 0 Å². The van der Waals surface area contributed by atoms with Crippen LogP contribution in [0.4, 0.5) is 0 Å². The number of aliphatic carboxylic acids is 1. The Balaban J connectivity index is 2.35. The van der Waals surface area contributed by atoms with Gasteiger partial charge in [0, 0.05) is 0 Å². The minimum Gasteiger partial charge on any atom is -0.481 e. The fourth-order valence-electron chi connectivity index (χ4n) is 2.01. The minimum atomic E-state index is -0.628. The van der Waals surface area contributed by atoms with E-state index in [0.717, 1.165) is 25.7 Å². The van der Waals surface area contributed by atoms with Crippen molar-refractivity contribution in [1.29, 1.82) is 0 Å². The first-order valence-corrected chi connectivity index (χ1v) is 4.67. The van der Waals surface area contributed by atoms with Gasteiger partial charge in [-0.2, -0.15) is 0 Å². The Morgan fingerprint density at radius 2 is 2.25 bits per heavy atom. The van der Waals surface area contributed by atoms with Crippen LogP contribution in [0.2, 0.25) is 0 Å². The van der Waals surface area contributed by atoms with Gasteiger partial charge >= 0.3 is 5.97 Å². The summed E-state index contributed by atoms with van der Waals surface area (Å²) in [6, 6.07) is 0. The van der Waals surface area contributed by atoms with Crippen molar-refractivity contribution in [2.75, 3.05) is 6.54 Å². The third-order valence-electron chi connectivity index (χ3n) is 2.71. The average Bonchev–Trinajstić information content (AvgIpc) is 2.05. The van der Waals surface area contributed by atoms with Crippen LogP contribution in [-0.2, 0) is 4.79 Å². The Bertz CT molecular complexity index is 157. The van der Waals surface area contributed by atoms with Crippen molar-refractivity contribution in [1.82, 2.24) is 0 Å². The maximum absolute atomic E-state index is 10.7. The molecule has 0 aromatic rings. The monoisotopic (exact) mass is 171 g/mol. The smallest absolute Gasteiger partial charge is 0.306 e. The summed E-state index contributed by atoms with van der Waals surface area (Å²) in [5.74, 6) is -0.170. The number of rotatable bonds is 3. The van der Waals surface area contributed by atoms with E-state index in [4.69, 9.17) is 10.8 Å². The lowest BCUT2D eigenvalue weighted by Crippen LogP contribution is -2.23. The molecule has 1 aliphatic carbocycles. The molecule has 0 amide bonds. The number of nitrogens with two attached hydrogens (primary N) is 1. The Morgan fingerprint density at radius 3 is 2.83 bits per heavy atom. The lowest BCUT2D eigenvalue weighted by molar-refractivity contribution is -0.143. The van der Waals surface area contributed by atoms with E-state index < -0.39 is 5.97 Å². The van der Waals surface area contributed by atoms with Crippen LogP contribution in [0.25, 0.3) is 0 Å². The summed E-state index contributed by atoms with van der Waals surface area (Å²) in [7, 11) is 0. The highest BCUT2D eigenvalue weighted by molar-refractivity contribution is 5.70. The molecule has 0 bridgehead atoms. The molecule has 2 unspecified atom stereocenters.